The van der Waals surface area contributed by atoms with Crippen molar-refractivity contribution in [3.63, 3.8) is 0 Å². The molecule has 0 bridgehead atoms. The van der Waals surface area contributed by atoms with Gasteiger partial charge in [0.25, 0.3) is 23.6 Å². The average molecular weight is 2030 g/mol. The second-order valence-corrected chi connectivity index (χ2v) is 39.1. The Morgan fingerprint density at radius 1 is 0.319 bits per heavy atom. The van der Waals surface area contributed by atoms with E-state index in [2.05, 4.69) is 21.3 Å². The molecule has 12 amide bonds. The van der Waals surface area contributed by atoms with Gasteiger partial charge in [-0.15, -0.1) is 0 Å². The van der Waals surface area contributed by atoms with Gasteiger partial charge in [-0.3, -0.25) is 38.8 Å². The Morgan fingerprint density at radius 3 is 0.674 bits per heavy atom. The number of amides is 12. The minimum Gasteiger partial charge on any atom is -0.748 e. The van der Waals surface area contributed by atoms with E-state index in [1.165, 1.54) is 48.5 Å². The number of rotatable bonds is 27. The van der Waals surface area contributed by atoms with E-state index in [9.17, 15) is 138 Å². The predicted octanol–water partition coefficient (Wildman–Crippen LogP) is 13.6. The van der Waals surface area contributed by atoms with Crippen molar-refractivity contribution in [1.82, 2.24) is 40.9 Å². The van der Waals surface area contributed by atoms with Crippen LogP contribution in [0.15, 0.2) is 239 Å². The van der Waals surface area contributed by atoms with Crippen LogP contribution in [0, 0.1) is 45.3 Å². The molecule has 4 atom stereocenters. The van der Waals surface area contributed by atoms with E-state index < -0.39 is 151 Å². The van der Waals surface area contributed by atoms with E-state index in [-0.39, 0.29) is 120 Å². The van der Waals surface area contributed by atoms with Gasteiger partial charge < -0.3 is 58.9 Å². The third kappa shape index (κ3) is 23.5. The summed E-state index contributed by atoms with van der Waals surface area (Å²) in [5.41, 5.74) is 1.17. The van der Waals surface area contributed by atoms with Crippen molar-refractivity contribution in [1.29, 1.82) is 21.0 Å². The molecule has 0 spiro atoms. The summed E-state index contributed by atoms with van der Waals surface area (Å²) in [6.45, 7) is 2.95. The van der Waals surface area contributed by atoms with Crippen LogP contribution in [-0.2, 0) is 64.1 Å². The zero-order valence-corrected chi connectivity index (χ0v) is 78.5. The van der Waals surface area contributed by atoms with Crippen molar-refractivity contribution < 1.29 is 126 Å². The van der Waals surface area contributed by atoms with Crippen molar-refractivity contribution in [2.45, 2.75) is 74.6 Å². The van der Waals surface area contributed by atoms with Gasteiger partial charge in [0.2, 0.25) is 0 Å². The summed E-state index contributed by atoms with van der Waals surface area (Å²) in [6.07, 6.45) is -16.8. The first kappa shape index (κ1) is 104. The lowest BCUT2D eigenvalue weighted by molar-refractivity contribution is -0.890. The van der Waals surface area contributed by atoms with Crippen molar-refractivity contribution >= 4 is 90.7 Å². The maximum atomic E-state index is 14.2. The third-order valence-electron chi connectivity index (χ3n) is 25.4. The maximum Gasteiger partial charge on any atom is 0.416 e. The summed E-state index contributed by atoms with van der Waals surface area (Å²) in [7, 11) is -1.28. The van der Waals surface area contributed by atoms with E-state index in [4.69, 9.17) is 0 Å². The SMILES string of the molecule is C[N+](C)(CCCN1CC2=C(C1=O)[C@@H](c1ccc(C#N)cc1)NC(=O)N2c1cccc(C(F)(F)F)c1)CCCN1CC2=C(C1=O)[C@@H](c1ccc(C#N)cc1)NC(=O)N2c1cccc(C(F)(F)F)c1.C[N+](C)(CCCN1CC2=C(C1=O)[C@@H](c1ccc(C#N)cc1)NC(=O)N2c1cccc(C(F)(F)F)c1)CCCN1CC2=C(C1=O)[C@@H](c1ccc(C#N)cc1)NC(=O)N2c1cccc(C(F)(F)F)c1.O=S(=O)([O-])CCS(=O)(=O)[O-]. The fourth-order valence-electron chi connectivity index (χ4n) is 18.3. The quantitative estimate of drug-likeness (QED) is 0.0211. The Balaban J connectivity index is 0.000000208. The van der Waals surface area contributed by atoms with Gasteiger partial charge >= 0.3 is 48.8 Å². The number of halogens is 12. The van der Waals surface area contributed by atoms with Crippen LogP contribution in [0.1, 0.15) is 117 Å². The van der Waals surface area contributed by atoms with Crippen LogP contribution >= 0.6 is 0 Å². The monoisotopic (exact) mass is 2030 g/mol. The van der Waals surface area contributed by atoms with Gasteiger partial charge in [0.05, 0.1) is 273 Å². The van der Waals surface area contributed by atoms with Gasteiger partial charge in [-0.1, -0.05) is 72.8 Å². The molecule has 0 fully saturated rings. The molecule has 8 aliphatic rings. The maximum absolute atomic E-state index is 14.2. The van der Waals surface area contributed by atoms with Crippen molar-refractivity contribution in [3.05, 3.63) is 306 Å². The second-order valence-electron chi connectivity index (χ2n) is 36.1. The third-order valence-corrected chi connectivity index (χ3v) is 27.0. The molecule has 16 rings (SSSR count). The fraction of sp³-hybridized carbons (Fsp3) is 0.306. The van der Waals surface area contributed by atoms with Crippen molar-refractivity contribution in [2.75, 3.05) is 138 Å². The molecular weight excluding hydrogens is 1950 g/mol. The molecule has 8 aliphatic heterocycles. The molecule has 0 saturated heterocycles. The Bertz CT molecular complexity index is 6220. The van der Waals surface area contributed by atoms with Crippen LogP contribution < -0.4 is 40.9 Å². The Labute approximate surface area is 817 Å². The summed E-state index contributed by atoms with van der Waals surface area (Å²) in [5, 5.41) is 48.5. The first-order valence-electron chi connectivity index (χ1n) is 44.5. The Hall–Kier alpha value is -15.5. The summed E-state index contributed by atoms with van der Waals surface area (Å²) >= 11 is 0. The molecule has 0 aromatic heterocycles. The molecule has 144 heavy (non-hydrogen) atoms. The molecule has 32 nitrogen and oxygen atoms in total. The molecule has 46 heteroatoms. The topological polar surface area (TPSA) is 420 Å². The number of carbonyl (C=O) groups excluding carboxylic acids is 8. The van der Waals surface area contributed by atoms with Gasteiger partial charge in [-0.2, -0.15) is 73.7 Å². The van der Waals surface area contributed by atoms with Crippen LogP contribution in [0.2, 0.25) is 0 Å². The summed E-state index contributed by atoms with van der Waals surface area (Å²) in [6, 6.07) is 44.0. The number of urea groups is 4. The van der Waals surface area contributed by atoms with Gasteiger partial charge in [0, 0.05) is 51.9 Å². The molecule has 4 N–H and O–H groups in total. The van der Waals surface area contributed by atoms with E-state index in [1.807, 2.05) is 52.5 Å². The molecule has 0 unspecified atom stereocenters. The first-order valence-corrected chi connectivity index (χ1v) is 47.6. The number of nitrogens with one attached hydrogen (secondary N) is 4. The minimum absolute atomic E-state index is 0.0505. The van der Waals surface area contributed by atoms with Crippen LogP contribution in [0.3, 0.4) is 0 Å². The van der Waals surface area contributed by atoms with Crippen LogP contribution in [0.5, 0.6) is 0 Å². The molecular formula is C98H88F12N18O14S2. The van der Waals surface area contributed by atoms with E-state index in [1.54, 1.807) is 117 Å². The highest BCUT2D eigenvalue weighted by atomic mass is 32.2. The molecule has 0 saturated carbocycles. The van der Waals surface area contributed by atoms with Crippen molar-refractivity contribution in [3.8, 4) is 24.3 Å². The molecule has 0 aliphatic carbocycles. The number of quaternary nitrogens is 2. The highest BCUT2D eigenvalue weighted by Gasteiger charge is 2.51. The number of benzene rings is 8. The minimum atomic E-state index is -4.68. The van der Waals surface area contributed by atoms with Crippen LogP contribution in [0.25, 0.3) is 0 Å². The van der Waals surface area contributed by atoms with Crippen molar-refractivity contribution in [2.24, 2.45) is 0 Å². The first-order chi connectivity index (χ1) is 67.8. The molecule has 750 valence electrons. The summed E-state index contributed by atoms with van der Waals surface area (Å²) in [5.74, 6) is -3.91. The zero-order chi connectivity index (χ0) is 104. The van der Waals surface area contributed by atoms with E-state index in [0.717, 1.165) is 68.1 Å². The number of carbonyl (C=O) groups is 8. The predicted molar refractivity (Wildman–Crippen MR) is 491 cm³/mol. The van der Waals surface area contributed by atoms with E-state index >= 15 is 0 Å². The fourth-order valence-corrected chi connectivity index (χ4v) is 19.9. The number of hydrogen-bond donors (Lipinski definition) is 4. The van der Waals surface area contributed by atoms with E-state index in [0.29, 0.717) is 105 Å². The lowest BCUT2D eigenvalue weighted by Crippen LogP contribution is -2.47. The normalized spacial score (nSPS) is 18.4. The Morgan fingerprint density at radius 2 is 0.507 bits per heavy atom. The standard InChI is InChI=1S/2C48H41F6N9O4.C2H6O6S2/c2*1-63(2,21-5-19-59-27-37-39(43(59)64)41(31-15-11-29(25-55)12-16-31)57-45(66)61(37)35-9-3-7-33(23-35)47(49,50)51)22-6-20-60-28-38-40(44(60)65)42(32-17-13-30(26-56)14-18-32)58-46(67)62(38)36-10-4-8-34(24-36)48(52,53)54;3-9(4,5)1-2-10(6,7)8/h2*3-4,7-18,23-24,41-42H,5-6,19-22,27-28H2,1-2H3,(H-,57,58,66,67);1-2H2,(H,3,4,5)(H,6,7,8)/t2*41-,42-;/m11./s1. The summed E-state index contributed by atoms with van der Waals surface area (Å²) in [4.78, 5) is 122. The number of hydrogen-bond acceptors (Lipinski definition) is 18. The van der Waals surface area contributed by atoms with Gasteiger partial charge in [0.15, 0.2) is 0 Å². The van der Waals surface area contributed by atoms with Crippen LogP contribution in [-0.4, -0.2) is 220 Å². The van der Waals surface area contributed by atoms with Crippen LogP contribution in [0.4, 0.5) is 94.6 Å². The van der Waals surface area contributed by atoms with Gasteiger partial charge in [-0.05, 0) is 144 Å². The zero-order valence-electron chi connectivity index (χ0n) is 76.8. The largest absolute Gasteiger partial charge is 0.748 e. The average Bonchev–Trinajstić information content (AvgIpc) is 1.50. The number of anilines is 4. The number of alkyl halides is 12. The lowest BCUT2D eigenvalue weighted by Gasteiger charge is -2.34. The number of nitriles is 4. The highest BCUT2D eigenvalue weighted by molar-refractivity contribution is 7.89. The molecule has 8 aromatic rings. The Kier molecular flexibility index (Phi) is 29.9. The smallest absolute Gasteiger partial charge is 0.416 e. The summed E-state index contributed by atoms with van der Waals surface area (Å²) < 4.78 is 224. The van der Waals surface area contributed by atoms with Gasteiger partial charge in [-0.25, -0.2) is 36.0 Å². The molecule has 0 radical (unpaired) electrons. The molecule has 8 aromatic carbocycles. The molecule has 8 heterocycles. The lowest BCUT2D eigenvalue weighted by atomic mass is 9.94. The second kappa shape index (κ2) is 41.2. The number of nitrogens with zero attached hydrogens (tertiary/aromatic N) is 14. The highest BCUT2D eigenvalue weighted by Crippen LogP contribution is 2.47. The van der Waals surface area contributed by atoms with Gasteiger partial charge in [0.1, 0.15) is 0 Å².